The second-order valence-electron chi connectivity index (χ2n) is 17.4. The summed E-state index contributed by atoms with van der Waals surface area (Å²) in [6.07, 6.45) is 1.37. The van der Waals surface area contributed by atoms with Crippen LogP contribution >= 0.6 is 0 Å². The quantitative estimate of drug-likeness (QED) is 0.0372. The second-order valence-corrected chi connectivity index (χ2v) is 17.4. The Hall–Kier alpha value is -7.82. The summed E-state index contributed by atoms with van der Waals surface area (Å²) in [5, 5.41) is 47.5. The van der Waals surface area contributed by atoms with Gasteiger partial charge in [0.2, 0.25) is 41.4 Å². The number of amides is 7. The minimum Gasteiger partial charge on any atom is -0.481 e. The summed E-state index contributed by atoms with van der Waals surface area (Å²) >= 11 is 0. The molecule has 8 atom stereocenters. The van der Waals surface area contributed by atoms with E-state index in [1.54, 1.807) is 70.4 Å². The highest BCUT2D eigenvalue weighted by Crippen LogP contribution is 2.21. The van der Waals surface area contributed by atoms with Crippen molar-refractivity contribution in [2.45, 2.75) is 115 Å². The van der Waals surface area contributed by atoms with Crippen LogP contribution in [0.2, 0.25) is 0 Å². The van der Waals surface area contributed by atoms with Gasteiger partial charge in [-0.1, -0.05) is 70.5 Å². The molecule has 0 fully saturated rings. The average molecular weight is 975 g/mol. The summed E-state index contributed by atoms with van der Waals surface area (Å²) in [6, 6.07) is 4.31. The highest BCUT2D eigenvalue weighted by molar-refractivity contribution is 5.99. The van der Waals surface area contributed by atoms with Crippen LogP contribution in [0.25, 0.3) is 21.8 Å². The van der Waals surface area contributed by atoms with Crippen molar-refractivity contribution in [3.8, 4) is 0 Å². The number of carbonyl (C=O) groups is 10. The van der Waals surface area contributed by atoms with Crippen molar-refractivity contribution in [1.29, 1.82) is 0 Å². The predicted octanol–water partition coefficient (Wildman–Crippen LogP) is -0.0672. The molecule has 0 saturated carbocycles. The lowest BCUT2D eigenvalue weighted by molar-refractivity contribution is -0.144. The van der Waals surface area contributed by atoms with E-state index in [0.29, 0.717) is 28.5 Å². The SMILES string of the molecule is CC[C@H](C)[C@H](NC(=O)[C@H](Cc1c[nH]c2ccccc12)NC(=O)CNC(=O)[C@@H](NC(=O)[C@H](Cc1c[nH]c2ccccc12)NC(=O)[C@H](CC(=O)O)NC(=O)[C@H](CCC(=O)O)NC(=O)[C@H](C)N)C(C)C)C(=O)O. The van der Waals surface area contributed by atoms with Crippen molar-refractivity contribution in [2.75, 3.05) is 6.54 Å². The van der Waals surface area contributed by atoms with Gasteiger partial charge in [-0.3, -0.25) is 43.2 Å². The molecular weight excluding hydrogens is 913 g/mol. The van der Waals surface area contributed by atoms with Crippen LogP contribution in [-0.2, 0) is 60.8 Å². The van der Waals surface area contributed by atoms with Gasteiger partial charge in [0.05, 0.1) is 19.0 Å². The number of carboxylic acid groups (broad SMARTS) is 3. The molecule has 23 heteroatoms. The molecule has 70 heavy (non-hydrogen) atoms. The van der Waals surface area contributed by atoms with Gasteiger partial charge in [-0.05, 0) is 48.4 Å². The van der Waals surface area contributed by atoms with E-state index in [1.807, 2.05) is 18.2 Å². The van der Waals surface area contributed by atoms with Crippen LogP contribution in [0.4, 0.5) is 0 Å². The minimum atomic E-state index is -1.86. The third-order valence-corrected chi connectivity index (χ3v) is 11.6. The summed E-state index contributed by atoms with van der Waals surface area (Å²) < 4.78 is 0. The molecule has 0 spiro atoms. The first-order valence-electron chi connectivity index (χ1n) is 22.7. The highest BCUT2D eigenvalue weighted by atomic mass is 16.4. The molecule has 378 valence electrons. The van der Waals surface area contributed by atoms with E-state index in [1.165, 1.54) is 6.92 Å². The fourth-order valence-electron chi connectivity index (χ4n) is 7.48. The Labute approximate surface area is 402 Å². The molecule has 0 radical (unpaired) electrons. The third-order valence-electron chi connectivity index (χ3n) is 11.6. The maximum atomic E-state index is 14.3. The first-order valence-corrected chi connectivity index (χ1v) is 22.7. The summed E-state index contributed by atoms with van der Waals surface area (Å²) in [6.45, 7) is 7.25. The Balaban J connectivity index is 1.55. The molecule has 0 aliphatic carbocycles. The standard InChI is InChI=1S/C47H62N10O13/c1-6-24(4)40(47(69)70)57-44(66)33(17-26-20-49-30-13-9-7-11-28(26)30)52-36(58)22-51-46(68)39(23(2)3)56-45(67)34(18-27-21-50-31-14-10-8-12-29(27)31)54-43(65)35(19-38(61)62)55-42(64)32(15-16-37(59)60)53-41(63)25(5)48/h7-14,20-21,23-25,32-35,39-40,49-50H,6,15-19,22,48H2,1-5H3,(H,51,68)(H,52,58)(H,53,63)(H,54,65)(H,55,64)(H,56,67)(H,57,66)(H,59,60)(H,61,62)(H,69,70)/t24-,25-,32-,33-,34-,35-,39-,40-/m0/s1. The summed E-state index contributed by atoms with van der Waals surface area (Å²) in [7, 11) is 0. The number of carbonyl (C=O) groups excluding carboxylic acids is 7. The fraction of sp³-hybridized carbons (Fsp3) is 0.447. The number of aromatic amines is 2. The molecule has 4 aromatic rings. The number of benzene rings is 2. The van der Waals surface area contributed by atoms with Gasteiger partial charge < -0.3 is 68.2 Å². The zero-order valence-corrected chi connectivity index (χ0v) is 39.4. The molecule has 2 aromatic carbocycles. The molecule has 0 aliphatic rings. The van der Waals surface area contributed by atoms with E-state index < -0.39 is 139 Å². The molecule has 0 bridgehead atoms. The third kappa shape index (κ3) is 15.6. The lowest BCUT2D eigenvalue weighted by Crippen LogP contribution is -2.60. The van der Waals surface area contributed by atoms with Gasteiger partial charge in [0.1, 0.15) is 36.3 Å². The second kappa shape index (κ2) is 25.5. The molecule has 0 unspecified atom stereocenters. The Morgan fingerprint density at radius 1 is 0.571 bits per heavy atom. The minimum absolute atomic E-state index is 0.0526. The van der Waals surface area contributed by atoms with E-state index in [0.717, 1.165) is 10.9 Å². The summed E-state index contributed by atoms with van der Waals surface area (Å²) in [5.74, 6) is -11.6. The summed E-state index contributed by atoms with van der Waals surface area (Å²) in [5.41, 5.74) is 8.22. The van der Waals surface area contributed by atoms with Gasteiger partial charge in [0.15, 0.2) is 0 Å². The van der Waals surface area contributed by atoms with Gasteiger partial charge in [-0.15, -0.1) is 0 Å². The number of rotatable bonds is 27. The van der Waals surface area contributed by atoms with Crippen LogP contribution in [-0.4, -0.2) is 133 Å². The lowest BCUT2D eigenvalue weighted by atomic mass is 9.98. The first-order chi connectivity index (χ1) is 33.1. The first kappa shape index (κ1) is 54.8. The van der Waals surface area contributed by atoms with E-state index in [4.69, 9.17) is 5.73 Å². The van der Waals surface area contributed by atoms with Gasteiger partial charge in [0, 0.05) is 53.5 Å². The van der Waals surface area contributed by atoms with E-state index in [2.05, 4.69) is 47.2 Å². The molecule has 2 heterocycles. The number of fused-ring (bicyclic) bond motifs is 2. The highest BCUT2D eigenvalue weighted by Gasteiger charge is 2.35. The molecule has 7 amide bonds. The zero-order valence-electron chi connectivity index (χ0n) is 39.4. The molecule has 0 aliphatic heterocycles. The van der Waals surface area contributed by atoms with Crippen LogP contribution in [0.5, 0.6) is 0 Å². The average Bonchev–Trinajstić information content (AvgIpc) is 3.92. The molecule has 4 rings (SSSR count). The van der Waals surface area contributed by atoms with Crippen molar-refractivity contribution in [3.05, 3.63) is 72.1 Å². The van der Waals surface area contributed by atoms with Gasteiger partial charge in [0.25, 0.3) is 0 Å². The predicted molar refractivity (Wildman–Crippen MR) is 253 cm³/mol. The maximum absolute atomic E-state index is 14.3. The number of hydrogen-bond donors (Lipinski definition) is 13. The smallest absolute Gasteiger partial charge is 0.326 e. The number of aromatic nitrogens is 2. The number of carboxylic acids is 3. The largest absolute Gasteiger partial charge is 0.481 e. The Kier molecular flexibility index (Phi) is 20.0. The Morgan fingerprint density at radius 3 is 1.53 bits per heavy atom. The Bertz CT molecular complexity index is 2550. The molecule has 2 aromatic heterocycles. The van der Waals surface area contributed by atoms with Crippen LogP contribution in [0.1, 0.15) is 71.4 Å². The number of nitrogens with one attached hydrogen (secondary N) is 9. The normalized spacial score (nSPS) is 14.7. The number of nitrogens with two attached hydrogens (primary N) is 1. The molecular formula is C47H62N10O13. The topological polar surface area (TPSA) is 373 Å². The van der Waals surface area contributed by atoms with Gasteiger partial charge in [-0.25, -0.2) is 4.79 Å². The van der Waals surface area contributed by atoms with Crippen LogP contribution in [0, 0.1) is 11.8 Å². The van der Waals surface area contributed by atoms with E-state index in [-0.39, 0.29) is 12.8 Å². The van der Waals surface area contributed by atoms with E-state index in [9.17, 15) is 63.3 Å². The number of para-hydroxylation sites is 2. The number of aliphatic carboxylic acids is 3. The van der Waals surface area contributed by atoms with Crippen molar-refractivity contribution < 1.29 is 63.3 Å². The van der Waals surface area contributed by atoms with Crippen molar-refractivity contribution in [2.24, 2.45) is 17.6 Å². The number of hydrogen-bond acceptors (Lipinski definition) is 11. The molecule has 14 N–H and O–H groups in total. The van der Waals surface area contributed by atoms with Gasteiger partial charge in [-0.2, -0.15) is 0 Å². The van der Waals surface area contributed by atoms with Crippen LogP contribution in [0.15, 0.2) is 60.9 Å². The van der Waals surface area contributed by atoms with Gasteiger partial charge >= 0.3 is 17.9 Å². The van der Waals surface area contributed by atoms with Crippen molar-refractivity contribution in [3.63, 3.8) is 0 Å². The van der Waals surface area contributed by atoms with Crippen LogP contribution in [0.3, 0.4) is 0 Å². The lowest BCUT2D eigenvalue weighted by Gasteiger charge is -2.27. The van der Waals surface area contributed by atoms with E-state index >= 15 is 0 Å². The molecule has 23 nitrogen and oxygen atoms in total. The monoisotopic (exact) mass is 974 g/mol. The van der Waals surface area contributed by atoms with Crippen molar-refractivity contribution >= 4 is 81.1 Å². The zero-order chi connectivity index (χ0) is 51.8. The Morgan fingerprint density at radius 2 is 1.04 bits per heavy atom. The maximum Gasteiger partial charge on any atom is 0.326 e. The fourth-order valence-corrected chi connectivity index (χ4v) is 7.48. The molecule has 0 saturated heterocycles. The van der Waals surface area contributed by atoms with Crippen molar-refractivity contribution in [1.82, 2.24) is 47.2 Å². The number of H-pyrrole nitrogens is 2. The van der Waals surface area contributed by atoms with Crippen LogP contribution < -0.4 is 43.0 Å². The summed E-state index contributed by atoms with van der Waals surface area (Å²) in [4.78, 5) is 137.